The summed E-state index contributed by atoms with van der Waals surface area (Å²) in [4.78, 5) is 26.1. The number of aromatic nitrogens is 1. The first-order chi connectivity index (χ1) is 10.7. The molecule has 5 heteroatoms. The average Bonchev–Trinajstić information content (AvgIpc) is 3.00. The molecule has 0 aliphatic heterocycles. The van der Waals surface area contributed by atoms with Gasteiger partial charge in [0.25, 0.3) is 0 Å². The number of phenolic OH excluding ortho intramolecular Hbond substituents is 1. The number of hydrogen-bond donors (Lipinski definition) is 1. The van der Waals surface area contributed by atoms with Crippen LogP contribution in [0.5, 0.6) is 5.75 Å². The van der Waals surface area contributed by atoms with E-state index in [0.29, 0.717) is 23.7 Å². The van der Waals surface area contributed by atoms with Crippen LogP contribution < -0.4 is 0 Å². The summed E-state index contributed by atoms with van der Waals surface area (Å²) in [6.07, 6.45) is 1.08. The van der Waals surface area contributed by atoms with Crippen molar-refractivity contribution in [1.29, 1.82) is 0 Å². The first kappa shape index (κ1) is 15.4. The lowest BCUT2D eigenvalue weighted by molar-refractivity contribution is 0.112. The molecule has 0 spiro atoms. The van der Waals surface area contributed by atoms with E-state index in [9.17, 15) is 14.7 Å². The number of para-hydroxylation sites is 2. The fourth-order valence-corrected chi connectivity index (χ4v) is 1.99. The Morgan fingerprint density at radius 2 is 1.82 bits per heavy atom. The molecule has 112 valence electrons. The highest BCUT2D eigenvalue weighted by Crippen LogP contribution is 2.33. The van der Waals surface area contributed by atoms with E-state index in [0.717, 1.165) is 0 Å². The number of aromatic hydroxyl groups is 1. The van der Waals surface area contributed by atoms with Gasteiger partial charge in [-0.25, -0.2) is 4.98 Å². The van der Waals surface area contributed by atoms with Crippen molar-refractivity contribution >= 4 is 23.7 Å². The van der Waals surface area contributed by atoms with Crippen LogP contribution in [0.3, 0.4) is 0 Å². The van der Waals surface area contributed by atoms with Crippen LogP contribution in [-0.4, -0.2) is 22.7 Å². The van der Waals surface area contributed by atoms with Crippen molar-refractivity contribution in [3.05, 3.63) is 47.5 Å². The smallest absolute Gasteiger partial charge is 0.231 e. The van der Waals surface area contributed by atoms with Gasteiger partial charge in [0.1, 0.15) is 17.6 Å². The topological polar surface area (TPSA) is 80.4 Å². The molecule has 1 heterocycles. The van der Waals surface area contributed by atoms with Crippen molar-refractivity contribution in [3.8, 4) is 17.2 Å². The zero-order valence-electron chi connectivity index (χ0n) is 12.2. The zero-order valence-corrected chi connectivity index (χ0v) is 12.2. The Hall–Kier alpha value is -2.95. The van der Waals surface area contributed by atoms with Crippen LogP contribution in [-0.2, 0) is 0 Å². The quantitative estimate of drug-likeness (QED) is 0.743. The number of carbonyl (C=O) groups is 2. The number of carbonyl (C=O) groups excluding carboxylic acids is 2. The van der Waals surface area contributed by atoms with E-state index in [2.05, 4.69) is 4.98 Å². The molecule has 0 saturated heterocycles. The molecule has 3 aromatic rings. The lowest BCUT2D eigenvalue weighted by atomic mass is 10.1. The molecular formula is C17H15NO4. The van der Waals surface area contributed by atoms with Crippen molar-refractivity contribution in [2.24, 2.45) is 0 Å². The minimum absolute atomic E-state index is 0.0202. The average molecular weight is 297 g/mol. The van der Waals surface area contributed by atoms with Gasteiger partial charge in [0.15, 0.2) is 11.9 Å². The number of phenols is 1. The predicted octanol–water partition coefficient (Wildman–Crippen LogP) is 3.85. The highest BCUT2D eigenvalue weighted by Gasteiger charge is 2.16. The van der Waals surface area contributed by atoms with Gasteiger partial charge in [-0.15, -0.1) is 0 Å². The molecule has 22 heavy (non-hydrogen) atoms. The summed E-state index contributed by atoms with van der Waals surface area (Å²) < 4.78 is 5.53. The van der Waals surface area contributed by atoms with Crippen LogP contribution in [0.2, 0.25) is 0 Å². The fraction of sp³-hybridized carbons (Fsp3) is 0.118. The van der Waals surface area contributed by atoms with Gasteiger partial charge < -0.3 is 9.52 Å². The second-order valence-electron chi connectivity index (χ2n) is 4.23. The largest absolute Gasteiger partial charge is 0.506 e. The standard InChI is InChI=1S/C15H9NO4.C2H6/c17-7-9-5-10(8-18)14(19)11(6-9)15-16-12-3-1-2-4-13(12)20-15;1-2/h1-8,19H;1-2H3. The third-order valence-corrected chi connectivity index (χ3v) is 2.95. The molecule has 2 aromatic carbocycles. The molecule has 0 atom stereocenters. The van der Waals surface area contributed by atoms with Gasteiger partial charge in [-0.3, -0.25) is 9.59 Å². The zero-order chi connectivity index (χ0) is 16.1. The van der Waals surface area contributed by atoms with Crippen molar-refractivity contribution in [1.82, 2.24) is 4.98 Å². The highest BCUT2D eigenvalue weighted by atomic mass is 16.3. The molecule has 0 saturated carbocycles. The van der Waals surface area contributed by atoms with Crippen molar-refractivity contribution in [3.63, 3.8) is 0 Å². The minimum atomic E-state index is -0.253. The van der Waals surface area contributed by atoms with Crippen LogP contribution in [0.25, 0.3) is 22.6 Å². The molecule has 0 amide bonds. The third kappa shape index (κ3) is 2.74. The number of fused-ring (bicyclic) bond motifs is 1. The van der Waals surface area contributed by atoms with Crippen LogP contribution in [0, 0.1) is 0 Å². The van der Waals surface area contributed by atoms with E-state index in [-0.39, 0.29) is 28.3 Å². The number of hydrogen-bond acceptors (Lipinski definition) is 5. The second-order valence-corrected chi connectivity index (χ2v) is 4.23. The number of benzene rings is 2. The second kappa shape index (κ2) is 6.67. The van der Waals surface area contributed by atoms with Crippen molar-refractivity contribution < 1.29 is 19.1 Å². The first-order valence-corrected chi connectivity index (χ1v) is 6.86. The summed E-state index contributed by atoms with van der Waals surface area (Å²) >= 11 is 0. The lowest BCUT2D eigenvalue weighted by Gasteiger charge is -2.04. The maximum atomic E-state index is 10.9. The summed E-state index contributed by atoms with van der Waals surface area (Å²) in [6.45, 7) is 4.00. The highest BCUT2D eigenvalue weighted by molar-refractivity contribution is 5.90. The summed E-state index contributed by atoms with van der Waals surface area (Å²) in [7, 11) is 0. The Morgan fingerprint density at radius 3 is 2.45 bits per heavy atom. The van der Waals surface area contributed by atoms with Crippen molar-refractivity contribution in [2.75, 3.05) is 0 Å². The SMILES string of the molecule is CC.O=Cc1cc(C=O)c(O)c(-c2nc3ccccc3o2)c1. The Bertz CT molecular complexity index is 788. The van der Waals surface area contributed by atoms with Gasteiger partial charge >= 0.3 is 0 Å². The van der Waals surface area contributed by atoms with E-state index in [4.69, 9.17) is 4.42 Å². The molecule has 3 rings (SSSR count). The number of rotatable bonds is 3. The lowest BCUT2D eigenvalue weighted by Crippen LogP contribution is -1.90. The van der Waals surface area contributed by atoms with Gasteiger partial charge in [-0.1, -0.05) is 26.0 Å². The first-order valence-electron chi connectivity index (χ1n) is 6.86. The predicted molar refractivity (Wildman–Crippen MR) is 83.2 cm³/mol. The monoisotopic (exact) mass is 297 g/mol. The van der Waals surface area contributed by atoms with E-state index < -0.39 is 0 Å². The number of oxazole rings is 1. The molecule has 0 unspecified atom stereocenters. The van der Waals surface area contributed by atoms with E-state index in [1.165, 1.54) is 12.1 Å². The molecule has 0 bridgehead atoms. The summed E-state index contributed by atoms with van der Waals surface area (Å²) in [6, 6.07) is 9.86. The molecule has 0 aliphatic carbocycles. The maximum absolute atomic E-state index is 10.9. The third-order valence-electron chi connectivity index (χ3n) is 2.95. The molecule has 0 aliphatic rings. The van der Waals surface area contributed by atoms with Gasteiger partial charge in [-0.05, 0) is 24.3 Å². The van der Waals surface area contributed by atoms with E-state index in [1.54, 1.807) is 18.2 Å². The Morgan fingerprint density at radius 1 is 1.09 bits per heavy atom. The maximum Gasteiger partial charge on any atom is 0.231 e. The van der Waals surface area contributed by atoms with Crippen LogP contribution in [0.4, 0.5) is 0 Å². The molecule has 0 radical (unpaired) electrons. The fourth-order valence-electron chi connectivity index (χ4n) is 1.99. The van der Waals surface area contributed by atoms with Gasteiger partial charge in [0.2, 0.25) is 5.89 Å². The van der Waals surface area contributed by atoms with Crippen molar-refractivity contribution in [2.45, 2.75) is 13.8 Å². The molecule has 0 fully saturated rings. The Kier molecular flexibility index (Phi) is 4.68. The Balaban J connectivity index is 0.000000847. The summed E-state index contributed by atoms with van der Waals surface area (Å²) in [5.41, 5.74) is 1.69. The summed E-state index contributed by atoms with van der Waals surface area (Å²) in [5, 5.41) is 10.0. The van der Waals surface area contributed by atoms with E-state index >= 15 is 0 Å². The number of nitrogens with zero attached hydrogens (tertiary/aromatic N) is 1. The minimum Gasteiger partial charge on any atom is -0.506 e. The van der Waals surface area contributed by atoms with Gasteiger partial charge in [0, 0.05) is 5.56 Å². The van der Waals surface area contributed by atoms with Crippen LogP contribution >= 0.6 is 0 Å². The molecule has 1 N–H and O–H groups in total. The molecule has 5 nitrogen and oxygen atoms in total. The van der Waals surface area contributed by atoms with Gasteiger partial charge in [0.05, 0.1) is 11.1 Å². The molecule has 1 aromatic heterocycles. The van der Waals surface area contributed by atoms with Gasteiger partial charge in [-0.2, -0.15) is 0 Å². The normalized spacial score (nSPS) is 9.91. The number of aldehydes is 2. The molecular weight excluding hydrogens is 282 g/mol. The van der Waals surface area contributed by atoms with E-state index in [1.807, 2.05) is 19.9 Å². The van der Waals surface area contributed by atoms with Crippen LogP contribution in [0.1, 0.15) is 34.6 Å². The Labute approximate surface area is 127 Å². The summed E-state index contributed by atoms with van der Waals surface area (Å²) in [5.74, 6) is -0.0901. The van der Waals surface area contributed by atoms with Crippen LogP contribution in [0.15, 0.2) is 40.8 Å².